The maximum atomic E-state index is 13.4. The van der Waals surface area contributed by atoms with E-state index >= 15 is 0 Å². The Kier molecular flexibility index (Phi) is 4.73. The highest BCUT2D eigenvalue weighted by Crippen LogP contribution is 2.43. The predicted octanol–water partition coefficient (Wildman–Crippen LogP) is 5.48. The predicted molar refractivity (Wildman–Crippen MR) is 91.9 cm³/mol. The van der Waals surface area contributed by atoms with Gasteiger partial charge in [-0.3, -0.25) is 0 Å². The van der Waals surface area contributed by atoms with Gasteiger partial charge in [-0.2, -0.15) is 13.2 Å². The van der Waals surface area contributed by atoms with Crippen LogP contribution in [0.1, 0.15) is 20.9 Å². The third-order valence-corrected chi connectivity index (χ3v) is 4.94. The van der Waals surface area contributed by atoms with Crippen molar-refractivity contribution in [1.82, 2.24) is 0 Å². The molecular formula is C19H16F3NS. The average molecular weight is 347 g/mol. The molecule has 2 N–H and O–H groups in total. The number of hydrogen-bond acceptors (Lipinski definition) is 2. The van der Waals surface area contributed by atoms with Gasteiger partial charge < -0.3 is 5.73 Å². The molecule has 0 unspecified atom stereocenters. The van der Waals surface area contributed by atoms with E-state index in [9.17, 15) is 13.2 Å². The summed E-state index contributed by atoms with van der Waals surface area (Å²) in [5, 5.41) is 0. The molecule has 3 aromatic rings. The van der Waals surface area contributed by atoms with Gasteiger partial charge in [0, 0.05) is 23.4 Å². The summed E-state index contributed by atoms with van der Waals surface area (Å²) in [6.07, 6.45) is -3.87. The minimum absolute atomic E-state index is 0.252. The van der Waals surface area contributed by atoms with Crippen molar-refractivity contribution in [2.24, 2.45) is 5.73 Å². The van der Waals surface area contributed by atoms with Gasteiger partial charge in [-0.05, 0) is 22.8 Å². The van der Waals surface area contributed by atoms with Gasteiger partial charge in [-0.25, -0.2) is 0 Å². The third-order valence-electron chi connectivity index (χ3n) is 3.76. The fourth-order valence-corrected chi connectivity index (χ4v) is 3.65. The number of thiophene rings is 1. The Labute approximate surface area is 142 Å². The molecule has 0 atom stereocenters. The Bertz CT molecular complexity index is 805. The molecule has 0 aliphatic heterocycles. The third kappa shape index (κ3) is 3.68. The van der Waals surface area contributed by atoms with Gasteiger partial charge in [0.1, 0.15) is 4.88 Å². The summed E-state index contributed by atoms with van der Waals surface area (Å²) in [6.45, 7) is 0.454. The van der Waals surface area contributed by atoms with Crippen molar-refractivity contribution in [2.45, 2.75) is 19.1 Å². The van der Waals surface area contributed by atoms with Crippen LogP contribution >= 0.6 is 11.3 Å². The SMILES string of the molecule is NCc1ccc(Cc2cc(-c3ccccc3)c(C(F)(F)F)s2)cc1. The quantitative estimate of drug-likeness (QED) is 0.664. The summed E-state index contributed by atoms with van der Waals surface area (Å²) in [7, 11) is 0. The summed E-state index contributed by atoms with van der Waals surface area (Å²) in [5.41, 5.74) is 8.38. The van der Waals surface area contributed by atoms with E-state index in [1.807, 2.05) is 24.3 Å². The van der Waals surface area contributed by atoms with Crippen molar-refractivity contribution in [3.05, 3.63) is 81.5 Å². The number of benzene rings is 2. The number of alkyl halides is 3. The van der Waals surface area contributed by atoms with Crippen LogP contribution in [0.3, 0.4) is 0 Å². The lowest BCUT2D eigenvalue weighted by atomic mass is 10.0. The molecule has 0 saturated heterocycles. The zero-order chi connectivity index (χ0) is 17.2. The molecule has 0 saturated carbocycles. The second-order valence-electron chi connectivity index (χ2n) is 5.52. The fourth-order valence-electron chi connectivity index (χ4n) is 2.57. The number of nitrogens with two attached hydrogens (primary N) is 1. The first-order valence-corrected chi connectivity index (χ1v) is 8.32. The van der Waals surface area contributed by atoms with E-state index < -0.39 is 11.1 Å². The van der Waals surface area contributed by atoms with Gasteiger partial charge >= 0.3 is 6.18 Å². The highest BCUT2D eigenvalue weighted by atomic mass is 32.1. The van der Waals surface area contributed by atoms with Gasteiger partial charge in [0.05, 0.1) is 0 Å². The molecule has 5 heteroatoms. The van der Waals surface area contributed by atoms with Crippen LogP contribution in [0.5, 0.6) is 0 Å². The molecule has 1 nitrogen and oxygen atoms in total. The van der Waals surface area contributed by atoms with Crippen molar-refractivity contribution < 1.29 is 13.2 Å². The van der Waals surface area contributed by atoms with Gasteiger partial charge in [-0.15, -0.1) is 11.3 Å². The zero-order valence-corrected chi connectivity index (χ0v) is 13.6. The second kappa shape index (κ2) is 6.79. The van der Waals surface area contributed by atoms with Crippen LogP contribution in [0.25, 0.3) is 11.1 Å². The molecule has 1 aromatic heterocycles. The summed E-state index contributed by atoms with van der Waals surface area (Å²) >= 11 is 0.816. The zero-order valence-electron chi connectivity index (χ0n) is 12.8. The summed E-state index contributed by atoms with van der Waals surface area (Å²) in [5.74, 6) is 0. The second-order valence-corrected chi connectivity index (χ2v) is 6.65. The van der Waals surface area contributed by atoms with Crippen molar-refractivity contribution in [1.29, 1.82) is 0 Å². The molecule has 24 heavy (non-hydrogen) atoms. The minimum Gasteiger partial charge on any atom is -0.326 e. The molecule has 1 heterocycles. The van der Waals surface area contributed by atoms with Crippen molar-refractivity contribution in [3.63, 3.8) is 0 Å². The molecule has 0 aliphatic rings. The molecule has 124 valence electrons. The van der Waals surface area contributed by atoms with Crippen molar-refractivity contribution in [3.8, 4) is 11.1 Å². The molecule has 0 radical (unpaired) electrons. The Hall–Kier alpha value is -2.11. The maximum Gasteiger partial charge on any atom is 0.426 e. The lowest BCUT2D eigenvalue weighted by molar-refractivity contribution is -0.133. The highest BCUT2D eigenvalue weighted by Gasteiger charge is 2.36. The smallest absolute Gasteiger partial charge is 0.326 e. The average Bonchev–Trinajstić information content (AvgIpc) is 3.01. The van der Waals surface area contributed by atoms with Crippen molar-refractivity contribution >= 4 is 11.3 Å². The van der Waals surface area contributed by atoms with E-state index in [0.29, 0.717) is 23.4 Å². The molecule has 0 bridgehead atoms. The van der Waals surface area contributed by atoms with Crippen LogP contribution in [0.2, 0.25) is 0 Å². The Balaban J connectivity index is 1.96. The Morgan fingerprint density at radius 1 is 0.875 bits per heavy atom. The van der Waals surface area contributed by atoms with E-state index in [1.165, 1.54) is 0 Å². The highest BCUT2D eigenvalue weighted by molar-refractivity contribution is 7.12. The number of rotatable bonds is 4. The monoisotopic (exact) mass is 347 g/mol. The van der Waals surface area contributed by atoms with Gasteiger partial charge in [0.15, 0.2) is 0 Å². The Morgan fingerprint density at radius 3 is 2.08 bits per heavy atom. The Morgan fingerprint density at radius 2 is 1.50 bits per heavy atom. The van der Waals surface area contributed by atoms with Crippen LogP contribution in [0, 0.1) is 0 Å². The number of halogens is 3. The lowest BCUT2D eigenvalue weighted by Gasteiger charge is -2.07. The first-order valence-electron chi connectivity index (χ1n) is 7.50. The van der Waals surface area contributed by atoms with Gasteiger partial charge in [0.25, 0.3) is 0 Å². The maximum absolute atomic E-state index is 13.4. The minimum atomic E-state index is -4.35. The molecule has 3 rings (SSSR count). The van der Waals surface area contributed by atoms with E-state index in [-0.39, 0.29) is 5.56 Å². The molecule has 0 aliphatic carbocycles. The van der Waals surface area contributed by atoms with Gasteiger partial charge in [-0.1, -0.05) is 54.6 Å². The molecule has 0 spiro atoms. The number of hydrogen-bond donors (Lipinski definition) is 1. The van der Waals surface area contributed by atoms with E-state index in [1.54, 1.807) is 36.4 Å². The topological polar surface area (TPSA) is 26.0 Å². The first-order chi connectivity index (χ1) is 11.5. The molecule has 0 fully saturated rings. The van der Waals surface area contributed by atoms with Crippen LogP contribution in [0.4, 0.5) is 13.2 Å². The van der Waals surface area contributed by atoms with Gasteiger partial charge in [0.2, 0.25) is 0 Å². The summed E-state index contributed by atoms with van der Waals surface area (Å²) in [4.78, 5) is 0.156. The van der Waals surface area contributed by atoms with Crippen LogP contribution in [-0.4, -0.2) is 0 Å². The van der Waals surface area contributed by atoms with Crippen LogP contribution < -0.4 is 5.73 Å². The van der Waals surface area contributed by atoms with Crippen LogP contribution in [-0.2, 0) is 19.1 Å². The van der Waals surface area contributed by atoms with Crippen molar-refractivity contribution in [2.75, 3.05) is 0 Å². The van der Waals surface area contributed by atoms with E-state index in [0.717, 1.165) is 22.5 Å². The molecule has 2 aromatic carbocycles. The largest absolute Gasteiger partial charge is 0.426 e. The molecular weight excluding hydrogens is 331 g/mol. The normalized spacial score (nSPS) is 11.7. The summed E-state index contributed by atoms with van der Waals surface area (Å²) < 4.78 is 40.1. The first kappa shape index (κ1) is 16.7. The van der Waals surface area contributed by atoms with Crippen LogP contribution in [0.15, 0.2) is 60.7 Å². The molecule has 0 amide bonds. The summed E-state index contributed by atoms with van der Waals surface area (Å²) in [6, 6.07) is 18.0. The lowest BCUT2D eigenvalue weighted by Crippen LogP contribution is -2.03. The van der Waals surface area contributed by atoms with E-state index in [4.69, 9.17) is 5.73 Å². The van der Waals surface area contributed by atoms with E-state index in [2.05, 4.69) is 0 Å². The fraction of sp³-hybridized carbons (Fsp3) is 0.158. The standard InChI is InChI=1S/C19H16F3NS/c20-19(21,22)18-17(15-4-2-1-3-5-15)11-16(24-18)10-13-6-8-14(12-23)9-7-13/h1-9,11H,10,12,23H2.